The summed E-state index contributed by atoms with van der Waals surface area (Å²) in [6.45, 7) is 4.16. The molecule has 2 amide bonds. The molecular formula is C25H20ClN3O4. The Labute approximate surface area is 195 Å². The molecule has 8 heteroatoms. The minimum Gasteiger partial charge on any atom is -0.350 e. The van der Waals surface area contributed by atoms with Crippen LogP contribution in [0, 0.1) is 10.1 Å². The van der Waals surface area contributed by atoms with Gasteiger partial charge in [0.05, 0.1) is 21.2 Å². The van der Waals surface area contributed by atoms with Crippen LogP contribution >= 0.6 is 11.6 Å². The molecule has 0 saturated carbocycles. The molecule has 0 saturated heterocycles. The van der Waals surface area contributed by atoms with E-state index in [2.05, 4.69) is 19.2 Å². The highest BCUT2D eigenvalue weighted by molar-refractivity contribution is 6.48. The molecule has 3 aromatic carbocycles. The summed E-state index contributed by atoms with van der Waals surface area (Å²) in [4.78, 5) is 38.4. The van der Waals surface area contributed by atoms with E-state index in [0.717, 1.165) is 10.5 Å². The summed E-state index contributed by atoms with van der Waals surface area (Å²) in [6, 6.07) is 19.7. The fraction of sp³-hybridized carbons (Fsp3) is 0.120. The molecule has 3 aromatic rings. The first-order chi connectivity index (χ1) is 15.8. The third-order valence-electron chi connectivity index (χ3n) is 5.39. The Hall–Kier alpha value is -3.97. The Morgan fingerprint density at radius 1 is 0.909 bits per heavy atom. The molecule has 166 valence electrons. The molecule has 0 aromatic heterocycles. The Balaban J connectivity index is 1.80. The first-order valence-corrected chi connectivity index (χ1v) is 10.6. The van der Waals surface area contributed by atoms with E-state index < -0.39 is 16.7 Å². The van der Waals surface area contributed by atoms with Gasteiger partial charge in [-0.3, -0.25) is 19.7 Å². The van der Waals surface area contributed by atoms with Gasteiger partial charge in [0.25, 0.3) is 17.5 Å². The summed E-state index contributed by atoms with van der Waals surface area (Å²) in [7, 11) is 0. The second-order valence-electron chi connectivity index (χ2n) is 7.85. The highest BCUT2D eigenvalue weighted by Crippen LogP contribution is 2.37. The van der Waals surface area contributed by atoms with Crippen molar-refractivity contribution in [1.82, 2.24) is 0 Å². The van der Waals surface area contributed by atoms with E-state index in [1.54, 1.807) is 24.3 Å². The molecule has 0 atom stereocenters. The van der Waals surface area contributed by atoms with E-state index in [1.165, 1.54) is 24.3 Å². The maximum atomic E-state index is 13.4. The molecule has 0 radical (unpaired) electrons. The van der Waals surface area contributed by atoms with Crippen molar-refractivity contribution in [2.75, 3.05) is 10.2 Å². The minimum atomic E-state index is -0.566. The summed E-state index contributed by atoms with van der Waals surface area (Å²) in [5.41, 5.74) is 2.50. The van der Waals surface area contributed by atoms with Crippen LogP contribution in [-0.4, -0.2) is 16.7 Å². The lowest BCUT2D eigenvalue weighted by molar-refractivity contribution is -0.384. The number of para-hydroxylation sites is 1. The van der Waals surface area contributed by atoms with Crippen molar-refractivity contribution < 1.29 is 14.5 Å². The molecule has 4 rings (SSSR count). The van der Waals surface area contributed by atoms with Gasteiger partial charge in [-0.15, -0.1) is 0 Å². The molecule has 1 N–H and O–H groups in total. The van der Waals surface area contributed by atoms with Gasteiger partial charge in [-0.05, 0) is 53.4 Å². The molecule has 0 aliphatic carbocycles. The number of anilines is 2. The highest BCUT2D eigenvalue weighted by Gasteiger charge is 2.41. The predicted molar refractivity (Wildman–Crippen MR) is 128 cm³/mol. The molecule has 0 unspecified atom stereocenters. The molecule has 33 heavy (non-hydrogen) atoms. The topological polar surface area (TPSA) is 92.6 Å². The first kappa shape index (κ1) is 22.2. The Morgan fingerprint density at radius 3 is 2.12 bits per heavy atom. The summed E-state index contributed by atoms with van der Waals surface area (Å²) in [5, 5.41) is 14.4. The van der Waals surface area contributed by atoms with Crippen molar-refractivity contribution in [3.63, 3.8) is 0 Å². The summed E-state index contributed by atoms with van der Waals surface area (Å²) < 4.78 is 0. The fourth-order valence-corrected chi connectivity index (χ4v) is 3.83. The smallest absolute Gasteiger partial charge is 0.282 e. The zero-order valence-electron chi connectivity index (χ0n) is 17.9. The molecule has 1 aliphatic rings. The van der Waals surface area contributed by atoms with E-state index in [4.69, 9.17) is 11.6 Å². The van der Waals surface area contributed by atoms with Crippen LogP contribution in [0.15, 0.2) is 78.5 Å². The average molecular weight is 462 g/mol. The zero-order chi connectivity index (χ0) is 23.7. The van der Waals surface area contributed by atoms with Crippen molar-refractivity contribution in [1.29, 1.82) is 0 Å². The van der Waals surface area contributed by atoms with Crippen LogP contribution < -0.4 is 10.2 Å². The van der Waals surface area contributed by atoms with Gasteiger partial charge in [0.2, 0.25) is 0 Å². The minimum absolute atomic E-state index is 0.0751. The van der Waals surface area contributed by atoms with Crippen LogP contribution in [-0.2, 0) is 9.59 Å². The van der Waals surface area contributed by atoms with Gasteiger partial charge in [0.15, 0.2) is 0 Å². The largest absolute Gasteiger partial charge is 0.350 e. The maximum absolute atomic E-state index is 13.4. The Bertz CT molecular complexity index is 1280. The molecule has 7 nitrogen and oxygen atoms in total. The number of carbonyl (C=O) groups is 2. The van der Waals surface area contributed by atoms with Crippen molar-refractivity contribution in [2.24, 2.45) is 0 Å². The first-order valence-electron chi connectivity index (χ1n) is 10.3. The van der Waals surface area contributed by atoms with E-state index in [9.17, 15) is 19.7 Å². The quantitative estimate of drug-likeness (QED) is 0.286. The van der Waals surface area contributed by atoms with Crippen LogP contribution in [0.3, 0.4) is 0 Å². The average Bonchev–Trinajstić information content (AvgIpc) is 3.04. The van der Waals surface area contributed by atoms with E-state index >= 15 is 0 Å². The van der Waals surface area contributed by atoms with Gasteiger partial charge in [0, 0.05) is 17.8 Å². The van der Waals surface area contributed by atoms with Crippen molar-refractivity contribution in [3.05, 3.63) is 105 Å². The number of hydrogen-bond acceptors (Lipinski definition) is 5. The Kier molecular flexibility index (Phi) is 5.98. The molecule has 1 heterocycles. The predicted octanol–water partition coefficient (Wildman–Crippen LogP) is 5.77. The monoisotopic (exact) mass is 461 g/mol. The second kappa shape index (κ2) is 8.88. The van der Waals surface area contributed by atoms with Gasteiger partial charge in [-0.25, -0.2) is 4.90 Å². The third-order valence-corrected chi connectivity index (χ3v) is 5.71. The SMILES string of the molecule is CC(C)c1ccc(NC2=C(c3ccc([N+](=O)[O-])cc3)C(=O)N(c3ccccc3Cl)C2=O)cc1. The molecular weight excluding hydrogens is 442 g/mol. The fourth-order valence-electron chi connectivity index (χ4n) is 3.61. The van der Waals surface area contributed by atoms with Crippen molar-refractivity contribution in [3.8, 4) is 0 Å². The van der Waals surface area contributed by atoms with Crippen LogP contribution in [0.5, 0.6) is 0 Å². The number of benzene rings is 3. The van der Waals surface area contributed by atoms with E-state index in [-0.39, 0.29) is 27.7 Å². The number of nitrogens with zero attached hydrogens (tertiary/aromatic N) is 2. The zero-order valence-corrected chi connectivity index (χ0v) is 18.7. The standard InChI is InChI=1S/C25H20ClN3O4/c1-15(2)16-7-11-18(12-8-16)27-23-22(17-9-13-19(14-10-17)29(32)33)24(30)28(25(23)31)21-6-4-3-5-20(21)26/h3-15,27H,1-2H3. The van der Waals surface area contributed by atoms with Crippen LogP contribution in [0.1, 0.15) is 30.9 Å². The number of nitro benzene ring substituents is 1. The number of carbonyl (C=O) groups excluding carboxylic acids is 2. The summed E-state index contributed by atoms with van der Waals surface area (Å²) in [5.74, 6) is -0.781. The number of hydrogen-bond donors (Lipinski definition) is 1. The lowest BCUT2D eigenvalue weighted by Gasteiger charge is -2.16. The molecule has 0 bridgehead atoms. The van der Waals surface area contributed by atoms with Crippen molar-refractivity contribution in [2.45, 2.75) is 19.8 Å². The number of amides is 2. The highest BCUT2D eigenvalue weighted by atomic mass is 35.5. The number of imide groups is 1. The number of rotatable bonds is 6. The lowest BCUT2D eigenvalue weighted by atomic mass is 10.0. The summed E-state index contributed by atoms with van der Waals surface area (Å²) >= 11 is 6.28. The van der Waals surface area contributed by atoms with Crippen LogP contribution in [0.2, 0.25) is 5.02 Å². The summed E-state index contributed by atoms with van der Waals surface area (Å²) in [6.07, 6.45) is 0. The number of nitrogens with one attached hydrogen (secondary N) is 1. The molecule has 0 fully saturated rings. The number of halogens is 1. The van der Waals surface area contributed by atoms with Crippen LogP contribution in [0.25, 0.3) is 5.57 Å². The number of nitro groups is 1. The second-order valence-corrected chi connectivity index (χ2v) is 8.26. The van der Waals surface area contributed by atoms with Crippen LogP contribution in [0.4, 0.5) is 17.1 Å². The van der Waals surface area contributed by atoms with E-state index in [0.29, 0.717) is 17.2 Å². The molecule has 0 spiro atoms. The van der Waals surface area contributed by atoms with Gasteiger partial charge in [0.1, 0.15) is 5.70 Å². The lowest BCUT2D eigenvalue weighted by Crippen LogP contribution is -2.32. The van der Waals surface area contributed by atoms with Gasteiger partial charge >= 0.3 is 0 Å². The van der Waals surface area contributed by atoms with E-state index in [1.807, 2.05) is 24.3 Å². The maximum Gasteiger partial charge on any atom is 0.282 e. The normalized spacial score (nSPS) is 13.8. The molecule has 1 aliphatic heterocycles. The Morgan fingerprint density at radius 2 is 1.55 bits per heavy atom. The van der Waals surface area contributed by atoms with Crippen molar-refractivity contribution >= 4 is 46.1 Å². The van der Waals surface area contributed by atoms with Gasteiger partial charge in [-0.2, -0.15) is 0 Å². The third kappa shape index (κ3) is 4.23. The van der Waals surface area contributed by atoms with Gasteiger partial charge < -0.3 is 5.32 Å². The van der Waals surface area contributed by atoms with Gasteiger partial charge in [-0.1, -0.05) is 49.7 Å². The number of non-ortho nitro benzene ring substituents is 1.